The number of thiocarbonyl (C=S) groups is 1. The van der Waals surface area contributed by atoms with Crippen LogP contribution in [0.2, 0.25) is 5.02 Å². The van der Waals surface area contributed by atoms with Crippen LogP contribution < -0.4 is 20.7 Å². The molecule has 2 amide bonds. The van der Waals surface area contributed by atoms with E-state index in [2.05, 4.69) is 38.8 Å². The molecule has 0 fully saturated rings. The van der Waals surface area contributed by atoms with Gasteiger partial charge in [0.25, 0.3) is 11.8 Å². The van der Waals surface area contributed by atoms with Gasteiger partial charge in [-0.1, -0.05) is 49.9 Å². The molecule has 0 aliphatic carbocycles. The minimum atomic E-state index is -0.363. The van der Waals surface area contributed by atoms with Crippen LogP contribution in [0, 0.1) is 0 Å². The van der Waals surface area contributed by atoms with Crippen molar-refractivity contribution in [2.45, 2.75) is 32.6 Å². The summed E-state index contributed by atoms with van der Waals surface area (Å²) in [6.07, 6.45) is 4.49. The molecule has 3 aromatic carbocycles. The van der Waals surface area contributed by atoms with Crippen molar-refractivity contribution >= 4 is 68.1 Å². The Morgan fingerprint density at radius 2 is 1.61 bits per heavy atom. The summed E-state index contributed by atoms with van der Waals surface area (Å²) in [5.41, 5.74) is 2.00. The molecule has 6 nitrogen and oxygen atoms in total. The van der Waals surface area contributed by atoms with E-state index >= 15 is 0 Å². The highest BCUT2D eigenvalue weighted by Gasteiger charge is 2.12. The summed E-state index contributed by atoms with van der Waals surface area (Å²) in [7, 11) is 0. The van der Waals surface area contributed by atoms with Crippen molar-refractivity contribution in [1.29, 1.82) is 0 Å². The summed E-state index contributed by atoms with van der Waals surface area (Å²) in [6, 6.07) is 18.8. The van der Waals surface area contributed by atoms with Gasteiger partial charge in [-0.3, -0.25) is 14.9 Å². The number of hydrogen-bond acceptors (Lipinski definition) is 4. The molecule has 36 heavy (non-hydrogen) atoms. The number of carbonyl (C=O) groups is 2. The first kappa shape index (κ1) is 27.6. The number of amides is 2. The quantitative estimate of drug-likeness (QED) is 0.169. The van der Waals surface area contributed by atoms with E-state index in [0.29, 0.717) is 44.4 Å². The molecular weight excluding hydrogens is 562 g/mol. The molecule has 0 aliphatic rings. The lowest BCUT2D eigenvalue weighted by Gasteiger charge is -2.12. The second kappa shape index (κ2) is 14.0. The van der Waals surface area contributed by atoms with Gasteiger partial charge in [-0.05, 0) is 89.2 Å². The van der Waals surface area contributed by atoms with E-state index in [4.69, 9.17) is 28.6 Å². The van der Waals surface area contributed by atoms with Crippen molar-refractivity contribution in [2.75, 3.05) is 17.2 Å². The van der Waals surface area contributed by atoms with Gasteiger partial charge in [-0.15, -0.1) is 0 Å². The molecule has 0 aliphatic heterocycles. The zero-order valence-corrected chi connectivity index (χ0v) is 22.9. The van der Waals surface area contributed by atoms with Gasteiger partial charge in [-0.25, -0.2) is 0 Å². The fourth-order valence-electron chi connectivity index (χ4n) is 3.32. The average Bonchev–Trinajstić information content (AvgIpc) is 2.84. The Labute approximate surface area is 229 Å². The zero-order chi connectivity index (χ0) is 25.9. The molecule has 3 aromatic rings. The van der Waals surface area contributed by atoms with Gasteiger partial charge < -0.3 is 15.4 Å². The van der Waals surface area contributed by atoms with Gasteiger partial charge in [0.1, 0.15) is 5.75 Å². The summed E-state index contributed by atoms with van der Waals surface area (Å²) in [5, 5.41) is 9.04. The van der Waals surface area contributed by atoms with Crippen LogP contribution in [0.3, 0.4) is 0 Å². The summed E-state index contributed by atoms with van der Waals surface area (Å²) in [5.74, 6) is 0.0301. The number of carbonyl (C=O) groups excluding carboxylic acids is 2. The van der Waals surface area contributed by atoms with Gasteiger partial charge in [0, 0.05) is 27.5 Å². The minimum absolute atomic E-state index is 0.111. The molecule has 0 saturated heterocycles. The lowest BCUT2D eigenvalue weighted by atomic mass is 10.2. The molecule has 0 aromatic heterocycles. The molecule has 0 atom stereocenters. The lowest BCUT2D eigenvalue weighted by molar-refractivity contribution is 0.0976. The number of nitrogens with one attached hydrogen (secondary N) is 3. The monoisotopic (exact) mass is 587 g/mol. The highest BCUT2D eigenvalue weighted by atomic mass is 79.9. The van der Waals surface area contributed by atoms with Crippen LogP contribution in [0.15, 0.2) is 71.2 Å². The van der Waals surface area contributed by atoms with Crippen molar-refractivity contribution in [2.24, 2.45) is 0 Å². The fraction of sp³-hybridized carbons (Fsp3) is 0.222. The molecule has 0 heterocycles. The molecule has 0 unspecified atom stereocenters. The standard InChI is InChI=1S/C27H27BrClN3O3S/c1-2-3-4-5-14-35-24-13-12-19(16-23(24)28)26(34)32-27(36)31-21-10-6-8-18(15-21)25(33)30-22-11-7-9-20(29)17-22/h6-13,15-17H,2-5,14H2,1H3,(H,30,33)(H2,31,32,34,36). The van der Waals surface area contributed by atoms with Crippen molar-refractivity contribution < 1.29 is 14.3 Å². The number of ether oxygens (including phenoxy) is 1. The van der Waals surface area contributed by atoms with Gasteiger partial charge in [0.2, 0.25) is 0 Å². The highest BCUT2D eigenvalue weighted by molar-refractivity contribution is 9.10. The first-order valence-corrected chi connectivity index (χ1v) is 13.2. The molecule has 3 rings (SSSR count). The predicted octanol–water partition coefficient (Wildman–Crippen LogP) is 7.44. The van der Waals surface area contributed by atoms with E-state index in [9.17, 15) is 9.59 Å². The van der Waals surface area contributed by atoms with Crippen molar-refractivity contribution in [3.8, 4) is 5.75 Å². The van der Waals surface area contributed by atoms with Crippen LogP contribution >= 0.6 is 39.7 Å². The third kappa shape index (κ3) is 8.62. The lowest BCUT2D eigenvalue weighted by Crippen LogP contribution is -2.34. The first-order valence-electron chi connectivity index (χ1n) is 11.6. The van der Waals surface area contributed by atoms with E-state index in [1.165, 1.54) is 12.8 Å². The summed E-state index contributed by atoms with van der Waals surface area (Å²) in [6.45, 7) is 2.80. The second-order valence-electron chi connectivity index (χ2n) is 8.01. The van der Waals surface area contributed by atoms with Gasteiger partial charge in [0.05, 0.1) is 11.1 Å². The molecule has 3 N–H and O–H groups in total. The van der Waals surface area contributed by atoms with Gasteiger partial charge in [-0.2, -0.15) is 0 Å². The second-order valence-corrected chi connectivity index (χ2v) is 9.71. The maximum Gasteiger partial charge on any atom is 0.257 e. The van der Waals surface area contributed by atoms with Crippen molar-refractivity contribution in [3.05, 3.63) is 87.4 Å². The van der Waals surface area contributed by atoms with Gasteiger partial charge in [0.15, 0.2) is 5.11 Å². The van der Waals surface area contributed by atoms with Crippen LogP contribution in [0.25, 0.3) is 0 Å². The Hall–Kier alpha value is -2.94. The van der Waals surface area contributed by atoms with Crippen LogP contribution in [-0.2, 0) is 0 Å². The SMILES string of the molecule is CCCCCCOc1ccc(C(=O)NC(=S)Nc2cccc(C(=O)Nc3cccc(Cl)c3)c2)cc1Br. The van der Waals surface area contributed by atoms with Crippen molar-refractivity contribution in [1.82, 2.24) is 5.32 Å². The third-order valence-electron chi connectivity index (χ3n) is 5.14. The maximum atomic E-state index is 12.7. The number of unbranched alkanes of at least 4 members (excludes halogenated alkanes) is 3. The van der Waals surface area contributed by atoms with Crippen LogP contribution in [0.1, 0.15) is 53.3 Å². The molecule has 0 radical (unpaired) electrons. The van der Waals surface area contributed by atoms with Crippen LogP contribution in [0.5, 0.6) is 5.75 Å². The van der Waals surface area contributed by atoms with Gasteiger partial charge >= 0.3 is 0 Å². The number of rotatable bonds is 10. The Bertz CT molecular complexity index is 1240. The zero-order valence-electron chi connectivity index (χ0n) is 19.8. The number of hydrogen-bond donors (Lipinski definition) is 3. The normalized spacial score (nSPS) is 10.4. The van der Waals surface area contributed by atoms with E-state index < -0.39 is 0 Å². The largest absolute Gasteiger partial charge is 0.492 e. The smallest absolute Gasteiger partial charge is 0.257 e. The molecule has 188 valence electrons. The Balaban J connectivity index is 1.54. The summed E-state index contributed by atoms with van der Waals surface area (Å²) < 4.78 is 6.49. The van der Waals surface area contributed by atoms with Crippen LogP contribution in [0.4, 0.5) is 11.4 Å². The van der Waals surface area contributed by atoms with Crippen LogP contribution in [-0.4, -0.2) is 23.5 Å². The van der Waals surface area contributed by atoms with Crippen molar-refractivity contribution in [3.63, 3.8) is 0 Å². The molecular formula is C27H27BrClN3O3S. The first-order chi connectivity index (χ1) is 17.4. The molecule has 0 bridgehead atoms. The predicted molar refractivity (Wildman–Crippen MR) is 153 cm³/mol. The van der Waals surface area contributed by atoms with E-state index in [-0.39, 0.29) is 16.9 Å². The molecule has 9 heteroatoms. The highest BCUT2D eigenvalue weighted by Crippen LogP contribution is 2.26. The van der Waals surface area contributed by atoms with E-state index in [1.54, 1.807) is 66.7 Å². The van der Waals surface area contributed by atoms with E-state index in [0.717, 1.165) is 12.8 Å². The average molecular weight is 589 g/mol. The third-order valence-corrected chi connectivity index (χ3v) is 6.20. The number of benzene rings is 3. The fourth-order valence-corrected chi connectivity index (χ4v) is 4.21. The topological polar surface area (TPSA) is 79.5 Å². The Kier molecular flexibility index (Phi) is 10.7. The Morgan fingerprint density at radius 3 is 2.33 bits per heavy atom. The maximum absolute atomic E-state index is 12.7. The number of anilines is 2. The molecule has 0 saturated carbocycles. The summed E-state index contributed by atoms with van der Waals surface area (Å²) >= 11 is 14.7. The summed E-state index contributed by atoms with van der Waals surface area (Å²) in [4.78, 5) is 25.3. The minimum Gasteiger partial charge on any atom is -0.492 e. The molecule has 0 spiro atoms. The Morgan fingerprint density at radius 1 is 0.889 bits per heavy atom. The number of halogens is 2. The van der Waals surface area contributed by atoms with E-state index in [1.807, 2.05) is 0 Å².